The maximum atomic E-state index is 2.52. The summed E-state index contributed by atoms with van der Waals surface area (Å²) >= 11 is 0. The minimum atomic E-state index is -0.528. The third-order valence-corrected chi connectivity index (χ3v) is 14.6. The summed E-state index contributed by atoms with van der Waals surface area (Å²) < 4.78 is 2.52. The fourth-order valence-corrected chi connectivity index (χ4v) is 11.9. The molecule has 0 fully saturated rings. The molecule has 11 aromatic carbocycles. The molecule has 2 heteroatoms. The first-order chi connectivity index (χ1) is 33.3. The molecule has 0 saturated heterocycles. The Labute approximate surface area is 389 Å². The van der Waals surface area contributed by atoms with Crippen molar-refractivity contribution >= 4 is 49.6 Å². The van der Waals surface area contributed by atoms with Crippen LogP contribution in [0.3, 0.4) is 0 Å². The lowest BCUT2D eigenvalue weighted by Crippen LogP contribution is -2.33. The van der Waals surface area contributed by atoms with Gasteiger partial charge in [-0.25, -0.2) is 0 Å². The Morgan fingerprint density at radius 2 is 0.896 bits per heavy atom. The van der Waals surface area contributed by atoms with E-state index >= 15 is 0 Å². The lowest BCUT2D eigenvalue weighted by atomic mass is 9.65. The highest BCUT2D eigenvalue weighted by atomic mass is 15.1. The van der Waals surface area contributed by atoms with Crippen molar-refractivity contribution in [1.82, 2.24) is 4.57 Å². The number of hydrogen-bond donors (Lipinski definition) is 0. The molecule has 0 saturated carbocycles. The second kappa shape index (κ2) is 14.7. The minimum Gasteiger partial charge on any atom is -0.309 e. The third kappa shape index (κ3) is 5.39. The second-order valence-electron chi connectivity index (χ2n) is 17.9. The standard InChI is InChI=1S/C65H42N2/c1-2-19-43(20-3-1)48-25-6-7-27-50(48)53-29-9-13-35-61(53)66(60-38-17-22-44-21-4-5-26-49(44)60)47-24-16-23-45(41-47)46-39-40-52-51-28-8-11-32-56(51)65(59(52)42-46)57-33-12-15-37-63(57)67-62-36-14-10-30-54(62)55-31-18-34-58(65)64(55)67/h1-42H. The zero-order valence-electron chi connectivity index (χ0n) is 36.6. The average molecular weight is 851 g/mol. The van der Waals surface area contributed by atoms with Gasteiger partial charge in [0, 0.05) is 27.4 Å². The SMILES string of the molecule is c1ccc(-c2ccccc2-c2ccccc2N(c2cccc(-c3ccc4c(c3)C3(c5ccccc5-4)c4ccccc4-n4c5ccccc5c5cccc3c54)c2)c2cccc3ccccc23)cc1. The van der Waals surface area contributed by atoms with Crippen molar-refractivity contribution in [3.05, 3.63) is 277 Å². The summed E-state index contributed by atoms with van der Waals surface area (Å²) in [6, 6.07) is 94.4. The van der Waals surface area contributed by atoms with Gasteiger partial charge in [0.15, 0.2) is 0 Å². The summed E-state index contributed by atoms with van der Waals surface area (Å²) in [4.78, 5) is 2.48. The van der Waals surface area contributed by atoms with Gasteiger partial charge >= 0.3 is 0 Å². The van der Waals surface area contributed by atoms with Gasteiger partial charge in [-0.05, 0) is 109 Å². The van der Waals surface area contributed by atoms with E-state index in [1.54, 1.807) is 0 Å². The highest BCUT2D eigenvalue weighted by Crippen LogP contribution is 2.61. The summed E-state index contributed by atoms with van der Waals surface area (Å²) in [7, 11) is 0. The van der Waals surface area contributed by atoms with E-state index in [4.69, 9.17) is 0 Å². The van der Waals surface area contributed by atoms with E-state index in [9.17, 15) is 0 Å². The van der Waals surface area contributed by atoms with E-state index in [0.717, 1.165) is 22.6 Å². The van der Waals surface area contributed by atoms with Crippen molar-refractivity contribution in [2.24, 2.45) is 0 Å². The maximum absolute atomic E-state index is 2.52. The lowest BCUT2D eigenvalue weighted by molar-refractivity contribution is 0.749. The summed E-state index contributed by atoms with van der Waals surface area (Å²) in [5.74, 6) is 0. The van der Waals surface area contributed by atoms with Gasteiger partial charge in [0.25, 0.3) is 0 Å². The van der Waals surface area contributed by atoms with Crippen LogP contribution in [0.2, 0.25) is 0 Å². The first-order valence-electron chi connectivity index (χ1n) is 23.3. The number of aromatic nitrogens is 1. The van der Waals surface area contributed by atoms with Crippen LogP contribution < -0.4 is 4.90 Å². The number of anilines is 3. The zero-order valence-corrected chi connectivity index (χ0v) is 36.6. The fourth-order valence-electron chi connectivity index (χ4n) is 11.9. The Bertz CT molecular complexity index is 3950. The van der Waals surface area contributed by atoms with E-state index in [1.807, 2.05) is 0 Å². The molecule has 1 unspecified atom stereocenters. The highest BCUT2D eigenvalue weighted by molar-refractivity contribution is 6.13. The van der Waals surface area contributed by atoms with Gasteiger partial charge in [-0.15, -0.1) is 0 Å². The molecule has 0 N–H and O–H groups in total. The summed E-state index contributed by atoms with van der Waals surface area (Å²) in [6.45, 7) is 0. The lowest BCUT2D eigenvalue weighted by Gasteiger charge is -2.39. The molecule has 2 aliphatic rings. The fraction of sp³-hybridized carbons (Fsp3) is 0.0154. The van der Waals surface area contributed by atoms with Crippen LogP contribution >= 0.6 is 0 Å². The Hall–Kier alpha value is -8.72. The average Bonchev–Trinajstić information content (AvgIpc) is 3.90. The number of rotatable bonds is 6. The van der Waals surface area contributed by atoms with E-state index in [1.165, 1.54) is 99.5 Å². The smallest absolute Gasteiger partial charge is 0.0754 e. The number of fused-ring (bicyclic) bond motifs is 13. The predicted octanol–water partition coefficient (Wildman–Crippen LogP) is 17.1. The Morgan fingerprint density at radius 3 is 1.79 bits per heavy atom. The van der Waals surface area contributed by atoms with Gasteiger partial charge in [-0.1, -0.05) is 212 Å². The van der Waals surface area contributed by atoms with Crippen molar-refractivity contribution in [3.8, 4) is 50.2 Å². The van der Waals surface area contributed by atoms with E-state index in [2.05, 4.69) is 264 Å². The molecular weight excluding hydrogens is 809 g/mol. The van der Waals surface area contributed by atoms with Crippen molar-refractivity contribution in [2.75, 3.05) is 4.90 Å². The first kappa shape index (κ1) is 37.6. The Kier molecular flexibility index (Phi) is 8.23. The Balaban J connectivity index is 0.998. The molecule has 12 aromatic rings. The van der Waals surface area contributed by atoms with Gasteiger partial charge < -0.3 is 9.47 Å². The molecule has 2 heterocycles. The quantitative estimate of drug-likeness (QED) is 0.162. The molecule has 2 nitrogen and oxygen atoms in total. The molecule has 0 amide bonds. The van der Waals surface area contributed by atoms with E-state index in [0.29, 0.717) is 0 Å². The van der Waals surface area contributed by atoms with Crippen LogP contribution in [-0.2, 0) is 5.41 Å². The number of para-hydroxylation sites is 4. The predicted molar refractivity (Wildman–Crippen MR) is 280 cm³/mol. The first-order valence-corrected chi connectivity index (χ1v) is 23.3. The molecule has 1 aliphatic carbocycles. The molecule has 0 bridgehead atoms. The molecule has 0 radical (unpaired) electrons. The van der Waals surface area contributed by atoms with Crippen molar-refractivity contribution in [3.63, 3.8) is 0 Å². The van der Waals surface area contributed by atoms with Gasteiger partial charge in [-0.3, -0.25) is 0 Å². The summed E-state index contributed by atoms with van der Waals surface area (Å²) in [5, 5.41) is 4.97. The minimum absolute atomic E-state index is 0.528. The summed E-state index contributed by atoms with van der Waals surface area (Å²) in [5.41, 5.74) is 21.6. The number of nitrogens with zero attached hydrogens (tertiary/aromatic N) is 2. The van der Waals surface area contributed by atoms with Crippen LogP contribution in [0.4, 0.5) is 17.1 Å². The largest absolute Gasteiger partial charge is 0.309 e. The van der Waals surface area contributed by atoms with Crippen molar-refractivity contribution in [1.29, 1.82) is 0 Å². The van der Waals surface area contributed by atoms with Gasteiger partial charge in [0.2, 0.25) is 0 Å². The molecule has 1 aromatic heterocycles. The molecular formula is C65H42N2. The second-order valence-corrected chi connectivity index (χ2v) is 17.9. The van der Waals surface area contributed by atoms with Crippen LogP contribution in [-0.4, -0.2) is 4.57 Å². The normalized spacial score (nSPS) is 14.3. The van der Waals surface area contributed by atoms with Crippen molar-refractivity contribution < 1.29 is 0 Å². The molecule has 1 aliphatic heterocycles. The Morgan fingerprint density at radius 1 is 0.313 bits per heavy atom. The van der Waals surface area contributed by atoms with Crippen LogP contribution in [0.25, 0.3) is 82.8 Å². The van der Waals surface area contributed by atoms with Crippen LogP contribution in [0.1, 0.15) is 22.3 Å². The third-order valence-electron chi connectivity index (χ3n) is 14.6. The molecule has 14 rings (SSSR count). The maximum Gasteiger partial charge on any atom is 0.0754 e. The highest BCUT2D eigenvalue weighted by Gasteiger charge is 2.50. The molecule has 1 spiro atoms. The van der Waals surface area contributed by atoms with Gasteiger partial charge in [0.05, 0.1) is 33.5 Å². The van der Waals surface area contributed by atoms with Crippen LogP contribution in [0.5, 0.6) is 0 Å². The monoisotopic (exact) mass is 850 g/mol. The molecule has 67 heavy (non-hydrogen) atoms. The molecule has 1 atom stereocenters. The number of hydrogen-bond acceptors (Lipinski definition) is 1. The number of benzene rings is 11. The van der Waals surface area contributed by atoms with E-state index in [-0.39, 0.29) is 0 Å². The van der Waals surface area contributed by atoms with Crippen molar-refractivity contribution in [2.45, 2.75) is 5.41 Å². The topological polar surface area (TPSA) is 8.17 Å². The summed E-state index contributed by atoms with van der Waals surface area (Å²) in [6.07, 6.45) is 0. The zero-order chi connectivity index (χ0) is 44.1. The molecule has 312 valence electrons. The van der Waals surface area contributed by atoms with Gasteiger partial charge in [0.1, 0.15) is 0 Å². The van der Waals surface area contributed by atoms with Gasteiger partial charge in [-0.2, -0.15) is 0 Å². The van der Waals surface area contributed by atoms with E-state index < -0.39 is 5.41 Å². The van der Waals surface area contributed by atoms with Crippen LogP contribution in [0.15, 0.2) is 255 Å². The van der Waals surface area contributed by atoms with Crippen LogP contribution in [0, 0.1) is 0 Å².